The molecule has 0 aliphatic heterocycles. The molecule has 28 heavy (non-hydrogen) atoms. The van der Waals surface area contributed by atoms with Crippen molar-refractivity contribution in [2.24, 2.45) is 0 Å². The second kappa shape index (κ2) is 9.89. The van der Waals surface area contributed by atoms with Crippen LogP contribution in [0.1, 0.15) is 44.1 Å². The van der Waals surface area contributed by atoms with E-state index in [4.69, 9.17) is 17.0 Å². The van der Waals surface area contributed by atoms with Gasteiger partial charge in [-0.25, -0.2) is 0 Å². The van der Waals surface area contributed by atoms with Crippen molar-refractivity contribution >= 4 is 28.2 Å². The van der Waals surface area contributed by atoms with E-state index in [0.717, 1.165) is 29.5 Å². The fourth-order valence-corrected chi connectivity index (χ4v) is 4.03. The number of aliphatic hydroxyl groups is 1. The van der Waals surface area contributed by atoms with Gasteiger partial charge >= 0.3 is 0 Å². The zero-order valence-corrected chi connectivity index (χ0v) is 17.2. The van der Waals surface area contributed by atoms with Gasteiger partial charge in [0.15, 0.2) is 5.11 Å². The number of ether oxygens (including phenoxy) is 1. The first-order valence-corrected chi connectivity index (χ1v) is 10.4. The molecule has 2 aromatic rings. The minimum Gasteiger partial charge on any atom is -0.497 e. The average Bonchev–Trinajstić information content (AvgIpc) is 2.71. The maximum Gasteiger partial charge on any atom is 0.253 e. The van der Waals surface area contributed by atoms with Gasteiger partial charge < -0.3 is 25.0 Å². The molecule has 0 atom stereocenters. The summed E-state index contributed by atoms with van der Waals surface area (Å²) in [5.41, 5.74) is 1.30. The molecule has 152 valence electrons. The summed E-state index contributed by atoms with van der Waals surface area (Å²) in [6.45, 7) is 1.10. The van der Waals surface area contributed by atoms with Crippen LogP contribution in [-0.4, -0.2) is 46.4 Å². The SMILES string of the molecule is COc1ccc2[nH]c(=O)c(CN(CCCO)C(=S)NC3CCCCC3)cc2c1. The molecule has 1 saturated carbocycles. The van der Waals surface area contributed by atoms with Gasteiger partial charge in [-0.05, 0) is 55.7 Å². The molecule has 6 nitrogen and oxygen atoms in total. The van der Waals surface area contributed by atoms with Crippen molar-refractivity contribution in [1.29, 1.82) is 0 Å². The molecule has 0 spiro atoms. The van der Waals surface area contributed by atoms with Crippen LogP contribution in [0.4, 0.5) is 0 Å². The van der Waals surface area contributed by atoms with Crippen molar-refractivity contribution in [2.75, 3.05) is 20.3 Å². The number of fused-ring (bicyclic) bond motifs is 1. The number of aliphatic hydroxyl groups excluding tert-OH is 1. The first kappa shape index (κ1) is 20.6. The number of pyridine rings is 1. The molecule has 1 aliphatic carbocycles. The van der Waals surface area contributed by atoms with Gasteiger partial charge in [-0.15, -0.1) is 0 Å². The number of methoxy groups -OCH3 is 1. The molecule has 3 rings (SSSR count). The lowest BCUT2D eigenvalue weighted by Gasteiger charge is -2.30. The van der Waals surface area contributed by atoms with Crippen LogP contribution in [0.25, 0.3) is 10.9 Å². The van der Waals surface area contributed by atoms with Crippen LogP contribution in [-0.2, 0) is 6.54 Å². The van der Waals surface area contributed by atoms with Gasteiger partial charge in [0.1, 0.15) is 5.75 Å². The van der Waals surface area contributed by atoms with Gasteiger partial charge in [-0.3, -0.25) is 4.79 Å². The quantitative estimate of drug-likeness (QED) is 0.617. The number of nitrogens with one attached hydrogen (secondary N) is 2. The summed E-state index contributed by atoms with van der Waals surface area (Å²) in [4.78, 5) is 17.5. The molecule has 0 unspecified atom stereocenters. The lowest BCUT2D eigenvalue weighted by molar-refractivity contribution is 0.262. The summed E-state index contributed by atoms with van der Waals surface area (Å²) in [5, 5.41) is 14.3. The van der Waals surface area contributed by atoms with Gasteiger partial charge in [0.25, 0.3) is 5.56 Å². The fourth-order valence-electron chi connectivity index (χ4n) is 3.71. The van der Waals surface area contributed by atoms with Crippen molar-refractivity contribution in [1.82, 2.24) is 15.2 Å². The molecule has 1 fully saturated rings. The number of thiocarbonyl (C=S) groups is 1. The second-order valence-corrected chi connectivity index (χ2v) is 7.75. The Hall–Kier alpha value is -2.12. The molecule has 0 saturated heterocycles. The Bertz CT molecular complexity index is 862. The van der Waals surface area contributed by atoms with E-state index in [2.05, 4.69) is 10.3 Å². The highest BCUT2D eigenvalue weighted by atomic mass is 32.1. The Morgan fingerprint density at radius 2 is 2.11 bits per heavy atom. The van der Waals surface area contributed by atoms with Crippen LogP contribution in [0.3, 0.4) is 0 Å². The highest BCUT2D eigenvalue weighted by Crippen LogP contribution is 2.20. The third kappa shape index (κ3) is 5.23. The monoisotopic (exact) mass is 403 g/mol. The lowest BCUT2D eigenvalue weighted by Crippen LogP contribution is -2.46. The van der Waals surface area contributed by atoms with Gasteiger partial charge in [0.2, 0.25) is 0 Å². The van der Waals surface area contributed by atoms with E-state index < -0.39 is 0 Å². The molecular weight excluding hydrogens is 374 g/mol. The molecule has 3 N–H and O–H groups in total. The average molecular weight is 404 g/mol. The number of hydrogen-bond donors (Lipinski definition) is 3. The predicted octanol–water partition coefficient (Wildman–Crippen LogP) is 2.93. The molecule has 0 amide bonds. The molecule has 0 radical (unpaired) electrons. The van der Waals surface area contributed by atoms with Crippen LogP contribution in [0.2, 0.25) is 0 Å². The van der Waals surface area contributed by atoms with Crippen LogP contribution >= 0.6 is 12.2 Å². The highest BCUT2D eigenvalue weighted by molar-refractivity contribution is 7.80. The number of aromatic nitrogens is 1. The molecule has 7 heteroatoms. The van der Waals surface area contributed by atoms with Crippen molar-refractivity contribution in [2.45, 2.75) is 51.1 Å². The largest absolute Gasteiger partial charge is 0.497 e. The van der Waals surface area contributed by atoms with Crippen molar-refractivity contribution in [3.63, 3.8) is 0 Å². The number of nitrogens with zero attached hydrogens (tertiary/aromatic N) is 1. The Morgan fingerprint density at radius 3 is 2.82 bits per heavy atom. The standard InChI is InChI=1S/C21H29N3O3S/c1-27-18-8-9-19-15(13-18)12-16(20(26)23-19)14-24(10-5-11-25)21(28)22-17-6-3-2-4-7-17/h8-9,12-13,17,25H,2-7,10-11,14H2,1H3,(H,22,28)(H,23,26). The van der Waals surface area contributed by atoms with Crippen molar-refractivity contribution in [3.8, 4) is 5.75 Å². The summed E-state index contributed by atoms with van der Waals surface area (Å²) in [5.74, 6) is 0.747. The molecule has 1 heterocycles. The van der Waals surface area contributed by atoms with Crippen LogP contribution in [0, 0.1) is 0 Å². The first-order chi connectivity index (χ1) is 13.6. The van der Waals surface area contributed by atoms with Gasteiger partial charge in [-0.2, -0.15) is 0 Å². The predicted molar refractivity (Wildman–Crippen MR) is 116 cm³/mol. The molecule has 1 aromatic carbocycles. The minimum absolute atomic E-state index is 0.0911. The summed E-state index contributed by atoms with van der Waals surface area (Å²) >= 11 is 5.65. The summed E-state index contributed by atoms with van der Waals surface area (Å²) in [6, 6.07) is 7.88. The number of benzene rings is 1. The van der Waals surface area contributed by atoms with Crippen molar-refractivity contribution < 1.29 is 9.84 Å². The lowest BCUT2D eigenvalue weighted by atomic mass is 9.96. The normalized spacial score (nSPS) is 14.8. The molecular formula is C21H29N3O3S. The van der Waals surface area contributed by atoms with Crippen molar-refractivity contribution in [3.05, 3.63) is 40.2 Å². The Kier molecular flexibility index (Phi) is 7.28. The minimum atomic E-state index is -0.118. The fraction of sp³-hybridized carbons (Fsp3) is 0.524. The molecule has 0 bridgehead atoms. The van der Waals surface area contributed by atoms with Crippen LogP contribution in [0.15, 0.2) is 29.1 Å². The Labute approximate surface area is 170 Å². The zero-order chi connectivity index (χ0) is 19.9. The number of hydrogen-bond acceptors (Lipinski definition) is 4. The summed E-state index contributed by atoms with van der Waals surface area (Å²) in [6.07, 6.45) is 6.60. The first-order valence-electron chi connectivity index (χ1n) is 9.97. The van der Waals surface area contributed by atoms with E-state index in [1.807, 2.05) is 29.2 Å². The van der Waals surface area contributed by atoms with Gasteiger partial charge in [0, 0.05) is 35.7 Å². The number of H-pyrrole nitrogens is 1. The second-order valence-electron chi connectivity index (χ2n) is 7.36. The molecule has 1 aromatic heterocycles. The third-order valence-electron chi connectivity index (χ3n) is 5.30. The summed E-state index contributed by atoms with van der Waals surface area (Å²) in [7, 11) is 1.62. The van der Waals surface area contributed by atoms with E-state index in [0.29, 0.717) is 36.2 Å². The van der Waals surface area contributed by atoms with E-state index in [1.165, 1.54) is 19.3 Å². The maximum absolute atomic E-state index is 12.6. The Balaban J connectivity index is 1.79. The topological polar surface area (TPSA) is 77.6 Å². The number of aromatic amines is 1. The zero-order valence-electron chi connectivity index (χ0n) is 16.4. The third-order valence-corrected chi connectivity index (χ3v) is 5.67. The van der Waals surface area contributed by atoms with E-state index in [1.54, 1.807) is 7.11 Å². The molecule has 1 aliphatic rings. The van der Waals surface area contributed by atoms with Crippen LogP contribution in [0.5, 0.6) is 5.75 Å². The highest BCUT2D eigenvalue weighted by Gasteiger charge is 2.18. The van der Waals surface area contributed by atoms with E-state index in [9.17, 15) is 9.90 Å². The summed E-state index contributed by atoms with van der Waals surface area (Å²) < 4.78 is 5.29. The maximum atomic E-state index is 12.6. The van der Waals surface area contributed by atoms with Gasteiger partial charge in [-0.1, -0.05) is 19.3 Å². The van der Waals surface area contributed by atoms with Crippen LogP contribution < -0.4 is 15.6 Å². The van der Waals surface area contributed by atoms with E-state index >= 15 is 0 Å². The number of rotatable bonds is 7. The Morgan fingerprint density at radius 1 is 1.32 bits per heavy atom. The smallest absolute Gasteiger partial charge is 0.253 e. The van der Waals surface area contributed by atoms with Gasteiger partial charge in [0.05, 0.1) is 13.7 Å². The van der Waals surface area contributed by atoms with E-state index in [-0.39, 0.29) is 12.2 Å².